The number of hydrogen-bond acceptors (Lipinski definition) is 4. The van der Waals surface area contributed by atoms with Gasteiger partial charge in [0, 0.05) is 12.2 Å². The van der Waals surface area contributed by atoms with E-state index >= 15 is 0 Å². The predicted octanol–water partition coefficient (Wildman–Crippen LogP) is 4.42. The Morgan fingerprint density at radius 3 is 2.53 bits per heavy atom. The van der Waals surface area contributed by atoms with Crippen LogP contribution in [-0.2, 0) is 10.0 Å². The van der Waals surface area contributed by atoms with Crippen molar-refractivity contribution in [2.75, 3.05) is 28.5 Å². The Bertz CT molecular complexity index is 1170. The van der Waals surface area contributed by atoms with Crippen molar-refractivity contribution in [1.82, 2.24) is 0 Å². The maximum absolute atomic E-state index is 13.1. The molecular formula is C23H24N2O4S. The molecule has 1 heterocycles. The zero-order valence-corrected chi connectivity index (χ0v) is 17.6. The minimum atomic E-state index is -3.26. The van der Waals surface area contributed by atoms with Gasteiger partial charge in [-0.25, -0.2) is 8.42 Å². The number of carbonyl (C=O) groups excluding carboxylic acids is 1. The van der Waals surface area contributed by atoms with Crippen LogP contribution >= 0.6 is 0 Å². The van der Waals surface area contributed by atoms with Gasteiger partial charge < -0.3 is 10.1 Å². The van der Waals surface area contributed by atoms with Gasteiger partial charge in [0.15, 0.2) is 0 Å². The Labute approximate surface area is 176 Å². The minimum absolute atomic E-state index is 0.173. The number of benzene rings is 3. The van der Waals surface area contributed by atoms with Crippen LogP contribution in [0.1, 0.15) is 30.1 Å². The van der Waals surface area contributed by atoms with Crippen LogP contribution in [0.15, 0.2) is 60.7 Å². The summed E-state index contributed by atoms with van der Waals surface area (Å²) < 4.78 is 31.7. The number of sulfonamides is 1. The molecule has 0 bridgehead atoms. The standard InChI is InChI=1S/C23H24N2O4S/c1-2-29-21-14-9-17-7-3-4-8-20(17)22(21)23(26)24-18-10-12-19(13-11-18)25-15-5-6-16-30(25,27)28/h3-4,7-14H,2,5-6,15-16H2,1H3,(H,24,26). The highest BCUT2D eigenvalue weighted by molar-refractivity contribution is 7.92. The summed E-state index contributed by atoms with van der Waals surface area (Å²) in [6, 6.07) is 18.3. The predicted molar refractivity (Wildman–Crippen MR) is 120 cm³/mol. The van der Waals surface area contributed by atoms with Crippen LogP contribution in [0.3, 0.4) is 0 Å². The summed E-state index contributed by atoms with van der Waals surface area (Å²) in [4.78, 5) is 13.1. The SMILES string of the molecule is CCOc1ccc2ccccc2c1C(=O)Nc1ccc(N2CCCCS2(=O)=O)cc1. The lowest BCUT2D eigenvalue weighted by molar-refractivity contribution is 0.102. The first-order valence-electron chi connectivity index (χ1n) is 10.1. The van der Waals surface area contributed by atoms with Crippen molar-refractivity contribution >= 4 is 38.1 Å². The Morgan fingerprint density at radius 1 is 1.03 bits per heavy atom. The van der Waals surface area contributed by atoms with Gasteiger partial charge in [0.2, 0.25) is 10.0 Å². The Hall–Kier alpha value is -3.06. The van der Waals surface area contributed by atoms with Gasteiger partial charge in [-0.3, -0.25) is 9.10 Å². The van der Waals surface area contributed by atoms with Crippen LogP contribution in [0.5, 0.6) is 5.75 Å². The lowest BCUT2D eigenvalue weighted by Gasteiger charge is -2.28. The molecule has 0 atom stereocenters. The molecule has 0 aliphatic carbocycles. The van der Waals surface area contributed by atoms with E-state index in [1.807, 2.05) is 43.3 Å². The first kappa shape index (κ1) is 20.2. The fourth-order valence-corrected chi connectivity index (χ4v) is 5.38. The number of nitrogens with one attached hydrogen (secondary N) is 1. The molecule has 7 heteroatoms. The van der Waals surface area contributed by atoms with Crippen molar-refractivity contribution in [2.24, 2.45) is 0 Å². The maximum atomic E-state index is 13.1. The molecule has 0 unspecified atom stereocenters. The second-order valence-electron chi connectivity index (χ2n) is 7.19. The summed E-state index contributed by atoms with van der Waals surface area (Å²) in [6.45, 7) is 2.82. The van der Waals surface area contributed by atoms with Gasteiger partial charge in [-0.05, 0) is 60.9 Å². The van der Waals surface area contributed by atoms with Gasteiger partial charge in [0.1, 0.15) is 5.75 Å². The van der Waals surface area contributed by atoms with Crippen LogP contribution in [0, 0.1) is 0 Å². The molecule has 3 aromatic rings. The highest BCUT2D eigenvalue weighted by Gasteiger charge is 2.26. The lowest BCUT2D eigenvalue weighted by Crippen LogP contribution is -2.37. The zero-order chi connectivity index (χ0) is 21.1. The van der Waals surface area contributed by atoms with Crippen LogP contribution in [-0.4, -0.2) is 33.2 Å². The topological polar surface area (TPSA) is 75.7 Å². The molecule has 1 aliphatic heterocycles. The third kappa shape index (κ3) is 3.98. The highest BCUT2D eigenvalue weighted by atomic mass is 32.2. The summed E-state index contributed by atoms with van der Waals surface area (Å²) in [5, 5.41) is 4.69. The Morgan fingerprint density at radius 2 is 1.80 bits per heavy atom. The minimum Gasteiger partial charge on any atom is -0.493 e. The largest absolute Gasteiger partial charge is 0.493 e. The molecule has 1 fully saturated rings. The zero-order valence-electron chi connectivity index (χ0n) is 16.8. The third-order valence-electron chi connectivity index (χ3n) is 5.18. The van der Waals surface area contributed by atoms with Crippen LogP contribution in [0.2, 0.25) is 0 Å². The number of rotatable bonds is 5. The maximum Gasteiger partial charge on any atom is 0.260 e. The third-order valence-corrected chi connectivity index (χ3v) is 7.05. The van der Waals surface area contributed by atoms with E-state index in [-0.39, 0.29) is 11.7 Å². The van der Waals surface area contributed by atoms with E-state index in [4.69, 9.17) is 4.74 Å². The van der Waals surface area contributed by atoms with E-state index in [2.05, 4.69) is 5.32 Å². The lowest BCUT2D eigenvalue weighted by atomic mass is 10.0. The van der Waals surface area contributed by atoms with Crippen molar-refractivity contribution in [3.8, 4) is 5.75 Å². The fraction of sp³-hybridized carbons (Fsp3) is 0.261. The highest BCUT2D eigenvalue weighted by Crippen LogP contribution is 2.30. The monoisotopic (exact) mass is 424 g/mol. The first-order valence-corrected chi connectivity index (χ1v) is 11.7. The molecule has 0 saturated carbocycles. The molecule has 0 aromatic heterocycles. The van der Waals surface area contributed by atoms with Gasteiger partial charge >= 0.3 is 0 Å². The van der Waals surface area contributed by atoms with E-state index in [1.54, 1.807) is 24.3 Å². The molecule has 1 aliphatic rings. The molecule has 1 amide bonds. The average Bonchev–Trinajstić information content (AvgIpc) is 2.74. The summed E-state index contributed by atoms with van der Waals surface area (Å²) >= 11 is 0. The van der Waals surface area contributed by atoms with Gasteiger partial charge in [-0.15, -0.1) is 0 Å². The van der Waals surface area contributed by atoms with Crippen LogP contribution in [0.25, 0.3) is 10.8 Å². The summed E-state index contributed by atoms with van der Waals surface area (Å²) in [7, 11) is -3.26. The molecule has 1 saturated heterocycles. The van der Waals surface area contributed by atoms with Crippen molar-refractivity contribution in [2.45, 2.75) is 19.8 Å². The Balaban J connectivity index is 1.61. The molecule has 156 valence electrons. The molecule has 0 spiro atoms. The number of ether oxygens (including phenoxy) is 1. The first-order chi connectivity index (χ1) is 14.5. The van der Waals surface area contributed by atoms with E-state index in [9.17, 15) is 13.2 Å². The smallest absolute Gasteiger partial charge is 0.260 e. The second-order valence-corrected chi connectivity index (χ2v) is 9.20. The van der Waals surface area contributed by atoms with Crippen molar-refractivity contribution in [3.63, 3.8) is 0 Å². The second kappa shape index (κ2) is 8.36. The summed E-state index contributed by atoms with van der Waals surface area (Å²) in [5.41, 5.74) is 1.69. The molecule has 0 radical (unpaired) electrons. The quantitative estimate of drug-likeness (QED) is 0.658. The number of amides is 1. The number of hydrogen-bond donors (Lipinski definition) is 1. The number of fused-ring (bicyclic) bond motifs is 1. The van der Waals surface area contributed by atoms with Gasteiger partial charge in [-0.2, -0.15) is 0 Å². The summed E-state index contributed by atoms with van der Waals surface area (Å²) in [6.07, 6.45) is 1.54. The van der Waals surface area contributed by atoms with Crippen LogP contribution < -0.4 is 14.4 Å². The van der Waals surface area contributed by atoms with Crippen molar-refractivity contribution in [1.29, 1.82) is 0 Å². The van der Waals surface area contributed by atoms with E-state index in [0.717, 1.165) is 17.2 Å². The fourth-order valence-electron chi connectivity index (χ4n) is 3.75. The van der Waals surface area contributed by atoms with E-state index in [1.165, 1.54) is 4.31 Å². The van der Waals surface area contributed by atoms with Crippen LogP contribution in [0.4, 0.5) is 11.4 Å². The average molecular weight is 425 g/mol. The van der Waals surface area contributed by atoms with Crippen molar-refractivity contribution < 1.29 is 17.9 Å². The summed E-state index contributed by atoms with van der Waals surface area (Å²) in [5.74, 6) is 0.436. The normalized spacial score (nSPS) is 15.7. The number of carbonyl (C=O) groups is 1. The molecule has 1 N–H and O–H groups in total. The van der Waals surface area contributed by atoms with E-state index < -0.39 is 10.0 Å². The van der Waals surface area contributed by atoms with Gasteiger partial charge in [0.05, 0.1) is 23.6 Å². The van der Waals surface area contributed by atoms with Gasteiger partial charge in [0.25, 0.3) is 5.91 Å². The molecule has 30 heavy (non-hydrogen) atoms. The van der Waals surface area contributed by atoms with E-state index in [0.29, 0.717) is 42.3 Å². The number of nitrogens with zero attached hydrogens (tertiary/aromatic N) is 1. The number of anilines is 2. The van der Waals surface area contributed by atoms with Gasteiger partial charge in [-0.1, -0.05) is 30.3 Å². The molecule has 3 aromatic carbocycles. The van der Waals surface area contributed by atoms with Crippen molar-refractivity contribution in [3.05, 3.63) is 66.2 Å². The molecule has 4 rings (SSSR count). The molecule has 6 nitrogen and oxygen atoms in total. The molecular weight excluding hydrogens is 400 g/mol. The Kier molecular flexibility index (Phi) is 5.63.